The van der Waals surface area contributed by atoms with E-state index in [1.54, 1.807) is 19.1 Å². The van der Waals surface area contributed by atoms with Crippen LogP contribution < -0.4 is 14.4 Å². The quantitative estimate of drug-likeness (QED) is 0.622. The average Bonchev–Trinajstić information content (AvgIpc) is 3.18. The molecule has 3 rings (SSSR count). The second kappa shape index (κ2) is 10.1. The zero-order valence-electron chi connectivity index (χ0n) is 17.3. The van der Waals surface area contributed by atoms with Crippen molar-refractivity contribution in [2.24, 2.45) is 0 Å². The Morgan fingerprint density at radius 3 is 2.41 bits per heavy atom. The molecule has 2 aromatic rings. The van der Waals surface area contributed by atoms with E-state index in [2.05, 4.69) is 17.1 Å². The van der Waals surface area contributed by atoms with Gasteiger partial charge in [-0.05, 0) is 0 Å². The fourth-order valence-electron chi connectivity index (χ4n) is 3.37. The fraction of sp³-hybridized carbons (Fsp3) is 0.391. The van der Waals surface area contributed by atoms with Gasteiger partial charge in [0.1, 0.15) is 0 Å². The molecule has 1 heterocycles. The summed E-state index contributed by atoms with van der Waals surface area (Å²) in [6, 6.07) is 11.4. The van der Waals surface area contributed by atoms with E-state index in [1.165, 1.54) is 18.4 Å². The van der Waals surface area contributed by atoms with Crippen LogP contribution in [0.4, 0.5) is 0 Å². The maximum atomic E-state index is 12.7. The van der Waals surface area contributed by atoms with Gasteiger partial charge in [0.25, 0.3) is 0 Å². The standard InChI is InChI=1S/C23H28AsN2O3/c1-16-6-7-19(14-17(16)2)29-20-8-9-21(22(15-20)24-18(3)27)23(28)25-10-13-26-11-4-5-12-26/h6-9,14-15H,4-5,10-13H2,1-3H3,(H,25,28). The van der Waals surface area contributed by atoms with E-state index in [0.29, 0.717) is 17.9 Å². The van der Waals surface area contributed by atoms with Crippen molar-refractivity contribution >= 4 is 30.6 Å². The van der Waals surface area contributed by atoms with Gasteiger partial charge in [0, 0.05) is 0 Å². The number of ether oxygens (including phenoxy) is 1. The van der Waals surface area contributed by atoms with Gasteiger partial charge in [-0.3, -0.25) is 0 Å². The predicted octanol–water partition coefficient (Wildman–Crippen LogP) is 2.80. The van der Waals surface area contributed by atoms with Crippen LogP contribution in [-0.2, 0) is 4.79 Å². The number of hydrogen-bond acceptors (Lipinski definition) is 4. The van der Waals surface area contributed by atoms with Crippen molar-refractivity contribution < 1.29 is 14.3 Å². The Kier molecular flexibility index (Phi) is 7.51. The van der Waals surface area contributed by atoms with Crippen molar-refractivity contribution in [3.05, 3.63) is 53.1 Å². The van der Waals surface area contributed by atoms with Crippen LogP contribution >= 0.6 is 0 Å². The van der Waals surface area contributed by atoms with Crippen molar-refractivity contribution in [2.75, 3.05) is 26.2 Å². The van der Waals surface area contributed by atoms with Gasteiger partial charge in [0.15, 0.2) is 0 Å². The van der Waals surface area contributed by atoms with E-state index in [0.717, 1.165) is 35.3 Å². The minimum atomic E-state index is -0.743. The molecule has 29 heavy (non-hydrogen) atoms. The molecule has 0 aliphatic carbocycles. The van der Waals surface area contributed by atoms with E-state index in [9.17, 15) is 9.59 Å². The number of likely N-dealkylation sites (tertiary alicyclic amines) is 1. The van der Waals surface area contributed by atoms with E-state index >= 15 is 0 Å². The third kappa shape index (κ3) is 6.19. The second-order valence-corrected chi connectivity index (χ2v) is 10.3. The molecule has 153 valence electrons. The first-order valence-electron chi connectivity index (χ1n) is 10.0. The maximum absolute atomic E-state index is 12.7. The Morgan fingerprint density at radius 2 is 1.72 bits per heavy atom. The normalized spacial score (nSPS) is 14.4. The Balaban J connectivity index is 1.71. The Bertz CT molecular complexity index is 892. The van der Waals surface area contributed by atoms with Crippen molar-refractivity contribution in [3.63, 3.8) is 0 Å². The Labute approximate surface area is 179 Å². The van der Waals surface area contributed by atoms with Crippen LogP contribution in [0.2, 0.25) is 0 Å². The molecule has 0 atom stereocenters. The summed E-state index contributed by atoms with van der Waals surface area (Å²) in [5.41, 5.74) is 2.95. The van der Waals surface area contributed by atoms with Gasteiger partial charge in [-0.1, -0.05) is 0 Å². The first-order valence-corrected chi connectivity index (χ1v) is 11.9. The molecule has 1 aliphatic rings. The Hall–Kier alpha value is -2.10. The molecule has 1 aliphatic heterocycles. The molecule has 1 fully saturated rings. The first kappa shape index (κ1) is 21.6. The summed E-state index contributed by atoms with van der Waals surface area (Å²) in [6.45, 7) is 9.40. The molecular weight excluding hydrogens is 427 g/mol. The first-order chi connectivity index (χ1) is 13.9. The number of rotatable bonds is 8. The van der Waals surface area contributed by atoms with E-state index in [1.807, 2.05) is 31.2 Å². The molecule has 0 aromatic heterocycles. The zero-order chi connectivity index (χ0) is 20.8. The summed E-state index contributed by atoms with van der Waals surface area (Å²) in [7, 11) is 0. The van der Waals surface area contributed by atoms with Crippen molar-refractivity contribution in [3.8, 4) is 11.5 Å². The number of hydrogen-bond donors (Lipinski definition) is 1. The average molecular weight is 455 g/mol. The van der Waals surface area contributed by atoms with Gasteiger partial charge in [-0.25, -0.2) is 0 Å². The van der Waals surface area contributed by atoms with Gasteiger partial charge < -0.3 is 0 Å². The number of aryl methyl sites for hydroxylation is 2. The predicted molar refractivity (Wildman–Crippen MR) is 117 cm³/mol. The molecule has 0 bridgehead atoms. The van der Waals surface area contributed by atoms with Crippen LogP contribution in [-0.4, -0.2) is 57.3 Å². The summed E-state index contributed by atoms with van der Waals surface area (Å²) >= 11 is -0.743. The molecular formula is C23H28AsN2O3. The van der Waals surface area contributed by atoms with Gasteiger partial charge in [-0.2, -0.15) is 0 Å². The van der Waals surface area contributed by atoms with Gasteiger partial charge in [0.05, 0.1) is 0 Å². The number of carbonyl (C=O) groups excluding carboxylic acids is 2. The number of carbonyl (C=O) groups is 2. The summed E-state index contributed by atoms with van der Waals surface area (Å²) in [5.74, 6) is 1.28. The zero-order valence-corrected chi connectivity index (χ0v) is 19.2. The molecule has 2 aromatic carbocycles. The third-order valence-electron chi connectivity index (χ3n) is 5.12. The Morgan fingerprint density at radius 1 is 1.03 bits per heavy atom. The minimum absolute atomic E-state index is 0.107. The molecule has 1 saturated heterocycles. The van der Waals surface area contributed by atoms with Gasteiger partial charge >= 0.3 is 180 Å². The van der Waals surface area contributed by atoms with Crippen LogP contribution in [0.3, 0.4) is 0 Å². The molecule has 0 saturated carbocycles. The molecule has 0 unspecified atom stereocenters. The molecule has 0 spiro atoms. The molecule has 5 nitrogen and oxygen atoms in total. The van der Waals surface area contributed by atoms with Crippen LogP contribution in [0.25, 0.3) is 0 Å². The number of amides is 1. The van der Waals surface area contributed by atoms with Crippen LogP contribution in [0.5, 0.6) is 11.5 Å². The van der Waals surface area contributed by atoms with Crippen molar-refractivity contribution in [1.82, 2.24) is 10.2 Å². The van der Waals surface area contributed by atoms with E-state index in [-0.39, 0.29) is 10.5 Å². The third-order valence-corrected chi connectivity index (χ3v) is 7.06. The van der Waals surface area contributed by atoms with Crippen LogP contribution in [0.15, 0.2) is 36.4 Å². The van der Waals surface area contributed by atoms with E-state index in [4.69, 9.17) is 4.74 Å². The van der Waals surface area contributed by atoms with Crippen LogP contribution in [0, 0.1) is 13.8 Å². The second-order valence-electron chi connectivity index (χ2n) is 7.46. The van der Waals surface area contributed by atoms with Gasteiger partial charge in [-0.15, -0.1) is 0 Å². The molecule has 1 N–H and O–H groups in total. The number of nitrogens with one attached hydrogen (secondary N) is 1. The molecule has 1 amide bonds. The van der Waals surface area contributed by atoms with E-state index < -0.39 is 15.8 Å². The number of benzene rings is 2. The topological polar surface area (TPSA) is 58.6 Å². The number of nitrogens with zero attached hydrogens (tertiary/aromatic N) is 1. The summed E-state index contributed by atoms with van der Waals surface area (Å²) in [4.78, 5) is 26.9. The fourth-order valence-corrected chi connectivity index (χ4v) is 5.11. The van der Waals surface area contributed by atoms with Crippen molar-refractivity contribution in [1.29, 1.82) is 0 Å². The summed E-state index contributed by atoms with van der Waals surface area (Å²) < 4.78 is 6.88. The summed E-state index contributed by atoms with van der Waals surface area (Å²) in [5, 5.41) is 3.00. The molecule has 1 radical (unpaired) electrons. The van der Waals surface area contributed by atoms with Gasteiger partial charge in [0.2, 0.25) is 0 Å². The molecule has 6 heteroatoms. The SMILES string of the molecule is CC(=O)[As]c1cc(Oc2ccc(C)c(C)c2)ccc1C(=O)NCCN1CCCC1. The van der Waals surface area contributed by atoms with Crippen molar-refractivity contribution in [2.45, 2.75) is 33.6 Å². The monoisotopic (exact) mass is 455 g/mol. The summed E-state index contributed by atoms with van der Waals surface area (Å²) in [6.07, 6.45) is 2.48. The van der Waals surface area contributed by atoms with Crippen LogP contribution in [0.1, 0.15) is 41.3 Å².